The number of imidazole rings is 1. The number of aryl methyl sites for hydroxylation is 1. The number of fused-ring (bicyclic) bond motifs is 1. The van der Waals surface area contributed by atoms with E-state index in [0.717, 1.165) is 9.13 Å². The summed E-state index contributed by atoms with van der Waals surface area (Å²) < 4.78 is 2.10. The fourth-order valence-corrected chi connectivity index (χ4v) is 2.51. The van der Waals surface area contributed by atoms with Crippen molar-refractivity contribution in [3.8, 4) is 0 Å². The summed E-state index contributed by atoms with van der Waals surface area (Å²) in [4.78, 5) is 40.3. The Hall–Kier alpha value is -2.21. The van der Waals surface area contributed by atoms with Crippen LogP contribution >= 0.6 is 0 Å². The summed E-state index contributed by atoms with van der Waals surface area (Å²) in [6, 6.07) is 0. The van der Waals surface area contributed by atoms with E-state index in [2.05, 4.69) is 4.98 Å². The molecule has 11 nitrogen and oxygen atoms in total. The number of aromatic amines is 2. The molecule has 2 heterocycles. The van der Waals surface area contributed by atoms with Crippen LogP contribution < -0.4 is 16.9 Å². The molecule has 0 fully saturated rings. The highest BCUT2D eigenvalue weighted by molar-refractivity contribution is 5.69. The highest BCUT2D eigenvalue weighted by atomic mass is 16.4. The Morgan fingerprint density at radius 3 is 2.29 bits per heavy atom. The van der Waals surface area contributed by atoms with Gasteiger partial charge in [-0.05, 0) is 6.42 Å². The molecule has 0 aliphatic carbocycles. The van der Waals surface area contributed by atoms with Gasteiger partial charge in [0, 0.05) is 6.54 Å². The van der Waals surface area contributed by atoms with Gasteiger partial charge in [0.1, 0.15) is 24.0 Å². The SMILES string of the molecule is CCCn1c(=O)n(C[C@@H](O)[C@H](O)[C@H](O)CO)c2[nH]c(=O)[nH]c(=O)c21. The number of aromatic nitrogens is 4. The van der Waals surface area contributed by atoms with Crippen LogP contribution in [0.1, 0.15) is 13.3 Å². The molecule has 0 aliphatic heterocycles. The maximum absolute atomic E-state index is 12.5. The second kappa shape index (κ2) is 7.13. The van der Waals surface area contributed by atoms with Crippen molar-refractivity contribution in [2.45, 2.75) is 44.7 Å². The lowest BCUT2D eigenvalue weighted by Crippen LogP contribution is -2.43. The number of nitrogens with one attached hydrogen (secondary N) is 2. The molecule has 24 heavy (non-hydrogen) atoms. The van der Waals surface area contributed by atoms with Crippen LogP contribution in [0, 0.1) is 0 Å². The maximum atomic E-state index is 12.5. The zero-order valence-electron chi connectivity index (χ0n) is 13.0. The molecule has 2 aromatic rings. The molecule has 0 saturated heterocycles. The van der Waals surface area contributed by atoms with Gasteiger partial charge in [-0.3, -0.25) is 23.9 Å². The van der Waals surface area contributed by atoms with Crippen molar-refractivity contribution in [1.82, 2.24) is 19.1 Å². The molecular formula is C13H20N4O7. The van der Waals surface area contributed by atoms with Crippen LogP contribution in [0.5, 0.6) is 0 Å². The van der Waals surface area contributed by atoms with Crippen LogP contribution in [-0.2, 0) is 13.1 Å². The molecule has 2 aromatic heterocycles. The normalized spacial score (nSPS) is 15.5. The third kappa shape index (κ3) is 3.19. The van der Waals surface area contributed by atoms with E-state index in [9.17, 15) is 29.7 Å². The van der Waals surface area contributed by atoms with Crippen molar-refractivity contribution in [2.24, 2.45) is 0 Å². The minimum Gasteiger partial charge on any atom is -0.394 e. The molecule has 0 aromatic carbocycles. The number of aliphatic hydroxyl groups is 4. The lowest BCUT2D eigenvalue weighted by Gasteiger charge is -2.21. The molecule has 0 bridgehead atoms. The second-order valence-corrected chi connectivity index (χ2v) is 5.46. The van der Waals surface area contributed by atoms with Crippen LogP contribution in [0.4, 0.5) is 0 Å². The van der Waals surface area contributed by atoms with Gasteiger partial charge in [-0.25, -0.2) is 9.59 Å². The van der Waals surface area contributed by atoms with Gasteiger partial charge in [0.2, 0.25) is 0 Å². The topological polar surface area (TPSA) is 174 Å². The third-order valence-corrected chi connectivity index (χ3v) is 3.69. The minimum absolute atomic E-state index is 0.0501. The summed E-state index contributed by atoms with van der Waals surface area (Å²) in [6.07, 6.45) is -4.36. The van der Waals surface area contributed by atoms with Crippen LogP contribution in [-0.4, -0.2) is 64.4 Å². The number of rotatable bonds is 7. The number of aliphatic hydroxyl groups excluding tert-OH is 4. The van der Waals surface area contributed by atoms with E-state index in [1.54, 1.807) is 6.92 Å². The molecule has 2 rings (SSSR count). The highest BCUT2D eigenvalue weighted by Crippen LogP contribution is 2.08. The summed E-state index contributed by atoms with van der Waals surface area (Å²) in [5.41, 5.74) is -2.36. The van der Waals surface area contributed by atoms with Crippen LogP contribution in [0.2, 0.25) is 0 Å². The van der Waals surface area contributed by atoms with Crippen LogP contribution in [0.15, 0.2) is 14.4 Å². The third-order valence-electron chi connectivity index (χ3n) is 3.69. The van der Waals surface area contributed by atoms with E-state index >= 15 is 0 Å². The van der Waals surface area contributed by atoms with E-state index in [4.69, 9.17) is 5.11 Å². The fourth-order valence-electron chi connectivity index (χ4n) is 2.51. The van der Waals surface area contributed by atoms with Crippen molar-refractivity contribution < 1.29 is 20.4 Å². The molecule has 11 heteroatoms. The lowest BCUT2D eigenvalue weighted by atomic mass is 10.1. The molecule has 0 aliphatic rings. The quantitative estimate of drug-likeness (QED) is 0.304. The summed E-state index contributed by atoms with van der Waals surface area (Å²) in [5.74, 6) is 0. The first-order valence-corrected chi connectivity index (χ1v) is 7.42. The van der Waals surface area contributed by atoms with Crippen molar-refractivity contribution in [2.75, 3.05) is 6.61 Å². The molecule has 0 saturated carbocycles. The Kier molecular flexibility index (Phi) is 5.39. The summed E-state index contributed by atoms with van der Waals surface area (Å²) in [5, 5.41) is 37.9. The zero-order chi connectivity index (χ0) is 18.0. The van der Waals surface area contributed by atoms with Crippen molar-refractivity contribution in [3.05, 3.63) is 31.3 Å². The van der Waals surface area contributed by atoms with Gasteiger partial charge in [0.05, 0.1) is 13.2 Å². The summed E-state index contributed by atoms with van der Waals surface area (Å²) in [7, 11) is 0. The van der Waals surface area contributed by atoms with E-state index in [0.29, 0.717) is 6.42 Å². The number of hydrogen-bond donors (Lipinski definition) is 6. The minimum atomic E-state index is -1.71. The number of H-pyrrole nitrogens is 2. The second-order valence-electron chi connectivity index (χ2n) is 5.46. The Labute approximate surface area is 134 Å². The molecule has 0 radical (unpaired) electrons. The largest absolute Gasteiger partial charge is 0.394 e. The van der Waals surface area contributed by atoms with Gasteiger partial charge < -0.3 is 20.4 Å². The van der Waals surface area contributed by atoms with Crippen molar-refractivity contribution in [3.63, 3.8) is 0 Å². The van der Waals surface area contributed by atoms with Gasteiger partial charge in [-0.15, -0.1) is 0 Å². The van der Waals surface area contributed by atoms with Crippen LogP contribution in [0.25, 0.3) is 11.2 Å². The van der Waals surface area contributed by atoms with Gasteiger partial charge in [-0.2, -0.15) is 0 Å². The predicted octanol–water partition coefficient (Wildman–Crippen LogP) is -3.34. The van der Waals surface area contributed by atoms with Gasteiger partial charge in [-0.1, -0.05) is 6.92 Å². The fraction of sp³-hybridized carbons (Fsp3) is 0.615. The number of nitrogens with zero attached hydrogens (tertiary/aromatic N) is 2. The Bertz CT molecular complexity index is 877. The van der Waals surface area contributed by atoms with Crippen LogP contribution in [0.3, 0.4) is 0 Å². The first-order valence-electron chi connectivity index (χ1n) is 7.42. The molecule has 134 valence electrons. The van der Waals surface area contributed by atoms with Crippen molar-refractivity contribution >= 4 is 11.2 Å². The molecular weight excluding hydrogens is 324 g/mol. The predicted molar refractivity (Wildman–Crippen MR) is 82.8 cm³/mol. The Morgan fingerprint density at radius 1 is 1.04 bits per heavy atom. The average Bonchev–Trinajstić information content (AvgIpc) is 2.79. The molecule has 6 N–H and O–H groups in total. The van der Waals surface area contributed by atoms with Gasteiger partial charge in [0.25, 0.3) is 5.56 Å². The molecule has 0 spiro atoms. The highest BCUT2D eigenvalue weighted by Gasteiger charge is 2.27. The maximum Gasteiger partial charge on any atom is 0.330 e. The molecule has 3 atom stereocenters. The summed E-state index contributed by atoms with van der Waals surface area (Å²) in [6.45, 7) is 0.756. The standard InChI is InChI=1S/C13H20N4O7/c1-2-3-16-8-10(14-12(23)15-11(8)22)17(13(16)24)4-6(19)9(21)7(20)5-18/h6-7,9,18-21H,2-5H2,1H3,(H2,14,15,22,23)/t6-,7-,9+/m1/s1. The first-order chi connectivity index (χ1) is 11.3. The Morgan fingerprint density at radius 2 is 1.71 bits per heavy atom. The molecule has 0 unspecified atom stereocenters. The van der Waals surface area contributed by atoms with E-state index in [1.165, 1.54) is 0 Å². The Balaban J connectivity index is 2.58. The lowest BCUT2D eigenvalue weighted by molar-refractivity contribution is -0.0806. The van der Waals surface area contributed by atoms with Gasteiger partial charge in [0.15, 0.2) is 5.52 Å². The van der Waals surface area contributed by atoms with Crippen molar-refractivity contribution in [1.29, 1.82) is 0 Å². The smallest absolute Gasteiger partial charge is 0.330 e. The zero-order valence-corrected chi connectivity index (χ0v) is 13.0. The van der Waals surface area contributed by atoms with E-state index < -0.39 is 48.4 Å². The first kappa shape index (κ1) is 18.1. The van der Waals surface area contributed by atoms with E-state index in [1.807, 2.05) is 4.98 Å². The van der Waals surface area contributed by atoms with E-state index in [-0.39, 0.29) is 17.7 Å². The molecule has 0 amide bonds. The monoisotopic (exact) mass is 344 g/mol. The average molecular weight is 344 g/mol. The van der Waals surface area contributed by atoms with Gasteiger partial charge >= 0.3 is 11.4 Å². The summed E-state index contributed by atoms with van der Waals surface area (Å²) >= 11 is 0. The number of hydrogen-bond acceptors (Lipinski definition) is 7.